The summed E-state index contributed by atoms with van der Waals surface area (Å²) in [6.45, 7) is 2.60. The number of rotatable bonds is 6. The molecule has 1 aromatic heterocycles. The normalized spacial score (nSPS) is 16.3. The highest BCUT2D eigenvalue weighted by molar-refractivity contribution is 7.89. The van der Waals surface area contributed by atoms with Crippen LogP contribution in [0.15, 0.2) is 83.9 Å². The zero-order valence-corrected chi connectivity index (χ0v) is 19.8. The number of hydrogen-bond acceptors (Lipinski definition) is 4. The van der Waals surface area contributed by atoms with Crippen molar-refractivity contribution in [2.75, 3.05) is 20.1 Å². The predicted molar refractivity (Wildman–Crippen MR) is 128 cm³/mol. The van der Waals surface area contributed by atoms with Crippen LogP contribution in [-0.2, 0) is 14.8 Å². The number of carbonyl (C=O) groups excluding carboxylic acids is 1. The zero-order chi connectivity index (χ0) is 23.4. The summed E-state index contributed by atoms with van der Waals surface area (Å²) in [5.41, 5.74) is 2.81. The SMILES string of the molecule is Cc1ccc(S(=O)(=O)N2CCC(C(=O)N(C)C(c3ccccc3)c3ccccn3)CC2)cc1. The summed E-state index contributed by atoms with van der Waals surface area (Å²) in [6.07, 6.45) is 2.73. The van der Waals surface area contributed by atoms with Crippen LogP contribution in [0.1, 0.15) is 35.7 Å². The molecule has 1 saturated heterocycles. The Hall–Kier alpha value is -3.03. The topological polar surface area (TPSA) is 70.6 Å². The monoisotopic (exact) mass is 463 g/mol. The average Bonchev–Trinajstić information content (AvgIpc) is 2.85. The van der Waals surface area contributed by atoms with Crippen molar-refractivity contribution in [1.82, 2.24) is 14.2 Å². The molecule has 1 amide bonds. The van der Waals surface area contributed by atoms with Gasteiger partial charge in [0.05, 0.1) is 16.6 Å². The van der Waals surface area contributed by atoms with E-state index in [2.05, 4.69) is 4.98 Å². The van der Waals surface area contributed by atoms with Gasteiger partial charge in [0.15, 0.2) is 0 Å². The number of amides is 1. The maximum absolute atomic E-state index is 13.5. The zero-order valence-electron chi connectivity index (χ0n) is 19.0. The number of nitrogens with zero attached hydrogens (tertiary/aromatic N) is 3. The second-order valence-electron chi connectivity index (χ2n) is 8.51. The van der Waals surface area contributed by atoms with Gasteiger partial charge in [0.1, 0.15) is 0 Å². The summed E-state index contributed by atoms with van der Waals surface area (Å²) >= 11 is 0. The Labute approximate surface area is 195 Å². The van der Waals surface area contributed by atoms with Gasteiger partial charge in [-0.25, -0.2) is 8.42 Å². The fourth-order valence-electron chi connectivity index (χ4n) is 4.38. The van der Waals surface area contributed by atoms with E-state index in [1.54, 1.807) is 35.4 Å². The summed E-state index contributed by atoms with van der Waals surface area (Å²) in [4.78, 5) is 20.0. The Kier molecular flexibility index (Phi) is 6.91. The molecule has 4 rings (SSSR count). The van der Waals surface area contributed by atoms with Crippen LogP contribution in [0.25, 0.3) is 0 Å². The van der Waals surface area contributed by atoms with E-state index in [1.807, 2.05) is 62.5 Å². The van der Waals surface area contributed by atoms with E-state index in [-0.39, 0.29) is 17.9 Å². The number of carbonyl (C=O) groups is 1. The number of sulfonamides is 1. The maximum Gasteiger partial charge on any atom is 0.243 e. The first kappa shape index (κ1) is 23.1. The van der Waals surface area contributed by atoms with E-state index in [0.717, 1.165) is 16.8 Å². The molecule has 0 saturated carbocycles. The fraction of sp³-hybridized carbons (Fsp3) is 0.308. The molecular weight excluding hydrogens is 434 g/mol. The Morgan fingerprint density at radius 3 is 2.21 bits per heavy atom. The highest BCUT2D eigenvalue weighted by Gasteiger charge is 2.35. The van der Waals surface area contributed by atoms with Gasteiger partial charge in [0.25, 0.3) is 0 Å². The highest BCUT2D eigenvalue weighted by Crippen LogP contribution is 2.31. The Morgan fingerprint density at radius 1 is 0.970 bits per heavy atom. The van der Waals surface area contributed by atoms with E-state index < -0.39 is 10.0 Å². The van der Waals surface area contributed by atoms with Crippen molar-refractivity contribution in [3.63, 3.8) is 0 Å². The van der Waals surface area contributed by atoms with Gasteiger partial charge < -0.3 is 4.90 Å². The molecule has 0 aliphatic carbocycles. The van der Waals surface area contributed by atoms with Crippen molar-refractivity contribution in [2.24, 2.45) is 5.92 Å². The van der Waals surface area contributed by atoms with Crippen molar-refractivity contribution in [3.8, 4) is 0 Å². The Morgan fingerprint density at radius 2 is 1.61 bits per heavy atom. The number of benzene rings is 2. The minimum atomic E-state index is -3.55. The summed E-state index contributed by atoms with van der Waals surface area (Å²) in [6, 6.07) is 22.2. The molecule has 1 aliphatic heterocycles. The molecule has 0 N–H and O–H groups in total. The molecule has 1 fully saturated rings. The Bertz CT molecular complexity index is 1130. The second kappa shape index (κ2) is 9.85. The third-order valence-electron chi connectivity index (χ3n) is 6.28. The van der Waals surface area contributed by atoms with Crippen LogP contribution < -0.4 is 0 Å². The van der Waals surface area contributed by atoms with Gasteiger partial charge in [0, 0.05) is 32.3 Å². The van der Waals surface area contributed by atoms with Gasteiger partial charge in [-0.05, 0) is 49.6 Å². The molecule has 0 radical (unpaired) electrons. The first-order valence-electron chi connectivity index (χ1n) is 11.2. The van der Waals surface area contributed by atoms with Crippen LogP contribution in [0.3, 0.4) is 0 Å². The number of aryl methyl sites for hydroxylation is 1. The number of aromatic nitrogens is 1. The summed E-state index contributed by atoms with van der Waals surface area (Å²) < 4.78 is 27.5. The lowest BCUT2D eigenvalue weighted by molar-refractivity contribution is -0.137. The minimum Gasteiger partial charge on any atom is -0.333 e. The number of pyridine rings is 1. The summed E-state index contributed by atoms with van der Waals surface area (Å²) in [5, 5.41) is 0. The molecular formula is C26H29N3O3S. The van der Waals surface area contributed by atoms with E-state index >= 15 is 0 Å². The molecule has 1 atom stereocenters. The van der Waals surface area contributed by atoms with Crippen molar-refractivity contribution in [2.45, 2.75) is 30.7 Å². The van der Waals surface area contributed by atoms with Gasteiger partial charge in [-0.2, -0.15) is 4.31 Å². The molecule has 2 heterocycles. The number of hydrogen-bond donors (Lipinski definition) is 0. The van der Waals surface area contributed by atoms with Crippen molar-refractivity contribution in [3.05, 3.63) is 95.8 Å². The third kappa shape index (κ3) is 4.99. The van der Waals surface area contributed by atoms with E-state index in [9.17, 15) is 13.2 Å². The van der Waals surface area contributed by atoms with Crippen LogP contribution in [0.4, 0.5) is 0 Å². The Balaban J connectivity index is 1.49. The number of piperidine rings is 1. The van der Waals surface area contributed by atoms with Crippen molar-refractivity contribution in [1.29, 1.82) is 0 Å². The van der Waals surface area contributed by atoms with Gasteiger partial charge in [-0.15, -0.1) is 0 Å². The standard InChI is InChI=1S/C26H29N3O3S/c1-20-11-13-23(14-12-20)33(31,32)29-18-15-22(16-19-29)26(30)28(2)25(21-8-4-3-5-9-21)24-10-6-7-17-27-24/h3-14,17,22,25H,15-16,18-19H2,1-2H3. The maximum atomic E-state index is 13.5. The van der Waals surface area contributed by atoms with Crippen LogP contribution in [0.2, 0.25) is 0 Å². The molecule has 0 spiro atoms. The van der Waals surface area contributed by atoms with Gasteiger partial charge >= 0.3 is 0 Å². The van der Waals surface area contributed by atoms with E-state index in [0.29, 0.717) is 30.8 Å². The second-order valence-corrected chi connectivity index (χ2v) is 10.4. The molecule has 7 heteroatoms. The smallest absolute Gasteiger partial charge is 0.243 e. The highest BCUT2D eigenvalue weighted by atomic mass is 32.2. The molecule has 2 aromatic carbocycles. The van der Waals surface area contributed by atoms with Crippen LogP contribution in [0, 0.1) is 12.8 Å². The molecule has 0 bridgehead atoms. The lowest BCUT2D eigenvalue weighted by Crippen LogP contribution is -2.44. The van der Waals surface area contributed by atoms with Gasteiger partial charge in [0.2, 0.25) is 15.9 Å². The fourth-order valence-corrected chi connectivity index (χ4v) is 5.85. The minimum absolute atomic E-state index is 0.0156. The molecule has 1 aliphatic rings. The van der Waals surface area contributed by atoms with Gasteiger partial charge in [-0.3, -0.25) is 9.78 Å². The average molecular weight is 464 g/mol. The summed E-state index contributed by atoms with van der Waals surface area (Å²) in [5.74, 6) is -0.212. The first-order valence-corrected chi connectivity index (χ1v) is 12.6. The molecule has 33 heavy (non-hydrogen) atoms. The van der Waals surface area contributed by atoms with Crippen LogP contribution >= 0.6 is 0 Å². The first-order chi connectivity index (χ1) is 15.9. The molecule has 1 unspecified atom stereocenters. The van der Waals surface area contributed by atoms with Crippen LogP contribution in [0.5, 0.6) is 0 Å². The quantitative estimate of drug-likeness (QED) is 0.553. The predicted octanol–water partition coefficient (Wildman–Crippen LogP) is 4.04. The van der Waals surface area contributed by atoms with Crippen molar-refractivity contribution >= 4 is 15.9 Å². The van der Waals surface area contributed by atoms with E-state index in [4.69, 9.17) is 0 Å². The third-order valence-corrected chi connectivity index (χ3v) is 8.19. The van der Waals surface area contributed by atoms with Gasteiger partial charge in [-0.1, -0.05) is 54.1 Å². The molecule has 172 valence electrons. The summed E-state index contributed by atoms with van der Waals surface area (Å²) in [7, 11) is -1.74. The lowest BCUT2D eigenvalue weighted by atomic mass is 9.94. The van der Waals surface area contributed by atoms with E-state index in [1.165, 1.54) is 4.31 Å². The lowest BCUT2D eigenvalue weighted by Gasteiger charge is -2.35. The molecule has 6 nitrogen and oxygen atoms in total. The molecule has 3 aromatic rings. The van der Waals surface area contributed by atoms with Crippen LogP contribution in [-0.4, -0.2) is 48.7 Å². The van der Waals surface area contributed by atoms with Crippen molar-refractivity contribution < 1.29 is 13.2 Å². The largest absolute Gasteiger partial charge is 0.333 e.